The highest BCUT2D eigenvalue weighted by Gasteiger charge is 2.18. The molecule has 104 valence electrons. The smallest absolute Gasteiger partial charge is 0.227 e. The van der Waals surface area contributed by atoms with E-state index in [2.05, 4.69) is 10.3 Å². The van der Waals surface area contributed by atoms with Crippen LogP contribution in [0.5, 0.6) is 0 Å². The number of nitrogens with one attached hydrogen (secondary N) is 1. The number of nitro groups is 1. The van der Waals surface area contributed by atoms with Crippen molar-refractivity contribution in [2.45, 2.75) is 19.9 Å². The Bertz CT molecular complexity index is 599. The van der Waals surface area contributed by atoms with Crippen molar-refractivity contribution in [3.8, 4) is 0 Å². The van der Waals surface area contributed by atoms with Gasteiger partial charge in [0, 0.05) is 23.0 Å². The van der Waals surface area contributed by atoms with Gasteiger partial charge < -0.3 is 5.32 Å². The maximum Gasteiger partial charge on any atom is 0.227 e. The Labute approximate surface area is 117 Å². The lowest BCUT2D eigenvalue weighted by Crippen LogP contribution is -2.21. The van der Waals surface area contributed by atoms with Gasteiger partial charge in [-0.05, 0) is 42.7 Å². The summed E-state index contributed by atoms with van der Waals surface area (Å²) in [5.41, 5.74) is 3.98. The van der Waals surface area contributed by atoms with Crippen LogP contribution < -0.4 is 5.32 Å². The first-order valence-corrected chi connectivity index (χ1v) is 6.42. The fourth-order valence-corrected chi connectivity index (χ4v) is 2.06. The summed E-state index contributed by atoms with van der Waals surface area (Å²) in [7, 11) is 0. The Kier molecular flexibility index (Phi) is 4.30. The summed E-state index contributed by atoms with van der Waals surface area (Å²) < 4.78 is 0. The third kappa shape index (κ3) is 3.32. The van der Waals surface area contributed by atoms with Gasteiger partial charge >= 0.3 is 0 Å². The highest BCUT2D eigenvalue weighted by Crippen LogP contribution is 2.24. The Balaban J connectivity index is 2.29. The molecule has 0 amide bonds. The van der Waals surface area contributed by atoms with Gasteiger partial charge in [0.25, 0.3) is 0 Å². The van der Waals surface area contributed by atoms with Gasteiger partial charge in [-0.3, -0.25) is 15.1 Å². The van der Waals surface area contributed by atoms with E-state index >= 15 is 0 Å². The number of rotatable bonds is 5. The van der Waals surface area contributed by atoms with Crippen LogP contribution >= 0.6 is 0 Å². The zero-order valence-corrected chi connectivity index (χ0v) is 11.5. The van der Waals surface area contributed by atoms with Crippen molar-refractivity contribution in [3.63, 3.8) is 0 Å². The number of hydrogen-bond donors (Lipinski definition) is 1. The van der Waals surface area contributed by atoms with E-state index in [9.17, 15) is 10.1 Å². The lowest BCUT2D eigenvalue weighted by atomic mass is 10.1. The fourth-order valence-electron chi connectivity index (χ4n) is 2.06. The number of nitrogens with zero attached hydrogens (tertiary/aromatic N) is 2. The highest BCUT2D eigenvalue weighted by molar-refractivity contribution is 5.55. The summed E-state index contributed by atoms with van der Waals surface area (Å²) in [6.45, 7) is 3.84. The zero-order chi connectivity index (χ0) is 14.5. The minimum Gasteiger partial charge on any atom is -0.372 e. The summed E-state index contributed by atoms with van der Waals surface area (Å²) in [6, 6.07) is 9.14. The molecule has 5 heteroatoms. The largest absolute Gasteiger partial charge is 0.372 e. The molecule has 1 heterocycles. The molecule has 0 aliphatic heterocycles. The summed E-state index contributed by atoms with van der Waals surface area (Å²) in [4.78, 5) is 14.6. The minimum absolute atomic E-state index is 0.181. The van der Waals surface area contributed by atoms with E-state index in [0.29, 0.717) is 0 Å². The van der Waals surface area contributed by atoms with E-state index < -0.39 is 0 Å². The quantitative estimate of drug-likeness (QED) is 0.670. The van der Waals surface area contributed by atoms with Crippen molar-refractivity contribution in [2.24, 2.45) is 0 Å². The summed E-state index contributed by atoms with van der Waals surface area (Å²) in [5.74, 6) is 0. The van der Waals surface area contributed by atoms with Crippen LogP contribution in [0.1, 0.15) is 22.7 Å². The van der Waals surface area contributed by atoms with Crippen molar-refractivity contribution in [1.29, 1.82) is 0 Å². The third-order valence-electron chi connectivity index (χ3n) is 3.35. The van der Waals surface area contributed by atoms with E-state index in [1.807, 2.05) is 38.1 Å². The van der Waals surface area contributed by atoms with Crippen molar-refractivity contribution in [2.75, 3.05) is 11.9 Å². The molecular weight excluding hydrogens is 254 g/mol. The molecule has 0 fully saturated rings. The van der Waals surface area contributed by atoms with Gasteiger partial charge in [-0.2, -0.15) is 0 Å². The summed E-state index contributed by atoms with van der Waals surface area (Å²) in [5, 5.41) is 14.1. The molecule has 0 spiro atoms. The van der Waals surface area contributed by atoms with Gasteiger partial charge in [0.2, 0.25) is 6.54 Å². The first-order valence-electron chi connectivity index (χ1n) is 6.42. The van der Waals surface area contributed by atoms with E-state index in [-0.39, 0.29) is 17.5 Å². The van der Waals surface area contributed by atoms with Gasteiger partial charge in [-0.15, -0.1) is 0 Å². The maximum absolute atomic E-state index is 10.9. The molecular formula is C15H17N3O2. The second-order valence-corrected chi connectivity index (χ2v) is 4.75. The SMILES string of the molecule is Cc1cccc(NC(C[N+](=O)[O-])c2cccnc2)c1C. The predicted molar refractivity (Wildman–Crippen MR) is 78.4 cm³/mol. The van der Waals surface area contributed by atoms with Crippen LogP contribution in [0, 0.1) is 24.0 Å². The van der Waals surface area contributed by atoms with Crippen LogP contribution in [-0.4, -0.2) is 16.5 Å². The molecule has 1 unspecified atom stereocenters. The molecule has 0 saturated carbocycles. The van der Waals surface area contributed by atoms with Gasteiger partial charge in [-0.25, -0.2) is 0 Å². The van der Waals surface area contributed by atoms with Crippen LogP contribution in [-0.2, 0) is 0 Å². The molecule has 2 aromatic rings. The number of aryl methyl sites for hydroxylation is 1. The third-order valence-corrected chi connectivity index (χ3v) is 3.35. The Morgan fingerprint density at radius 2 is 2.10 bits per heavy atom. The van der Waals surface area contributed by atoms with E-state index in [1.165, 1.54) is 0 Å². The second kappa shape index (κ2) is 6.14. The highest BCUT2D eigenvalue weighted by atomic mass is 16.6. The van der Waals surface area contributed by atoms with Crippen LogP contribution in [0.3, 0.4) is 0 Å². The molecule has 0 aliphatic rings. The van der Waals surface area contributed by atoms with Gasteiger partial charge in [0.1, 0.15) is 6.04 Å². The average Bonchev–Trinajstić information content (AvgIpc) is 2.43. The fraction of sp³-hybridized carbons (Fsp3) is 0.267. The number of benzene rings is 1. The molecule has 1 aromatic heterocycles. The van der Waals surface area contributed by atoms with Crippen LogP contribution in [0.25, 0.3) is 0 Å². The Morgan fingerprint density at radius 3 is 2.75 bits per heavy atom. The predicted octanol–water partition coefficient (Wildman–Crippen LogP) is 3.13. The number of pyridine rings is 1. The first kappa shape index (κ1) is 14.0. The topological polar surface area (TPSA) is 68.1 Å². The van der Waals surface area contributed by atoms with Crippen molar-refractivity contribution in [3.05, 3.63) is 69.5 Å². The van der Waals surface area contributed by atoms with E-state index in [0.717, 1.165) is 22.4 Å². The average molecular weight is 271 g/mol. The zero-order valence-electron chi connectivity index (χ0n) is 11.5. The maximum atomic E-state index is 10.9. The van der Waals surface area contributed by atoms with Crippen LogP contribution in [0.4, 0.5) is 5.69 Å². The molecule has 20 heavy (non-hydrogen) atoms. The summed E-state index contributed by atoms with van der Waals surface area (Å²) in [6.07, 6.45) is 3.32. The van der Waals surface area contributed by atoms with Crippen molar-refractivity contribution < 1.29 is 4.92 Å². The summed E-state index contributed by atoms with van der Waals surface area (Å²) >= 11 is 0. The normalized spacial score (nSPS) is 11.9. The van der Waals surface area contributed by atoms with Gasteiger partial charge in [0.05, 0.1) is 0 Å². The molecule has 5 nitrogen and oxygen atoms in total. The van der Waals surface area contributed by atoms with Gasteiger partial charge in [-0.1, -0.05) is 18.2 Å². The molecule has 0 bridgehead atoms. The second-order valence-electron chi connectivity index (χ2n) is 4.75. The van der Waals surface area contributed by atoms with Crippen molar-refractivity contribution in [1.82, 2.24) is 4.98 Å². The number of hydrogen-bond acceptors (Lipinski definition) is 4. The molecule has 1 aromatic carbocycles. The van der Waals surface area contributed by atoms with Crippen LogP contribution in [0.2, 0.25) is 0 Å². The lowest BCUT2D eigenvalue weighted by Gasteiger charge is -2.18. The molecule has 0 radical (unpaired) electrons. The molecule has 0 aliphatic carbocycles. The minimum atomic E-state index is -0.390. The molecule has 1 atom stereocenters. The van der Waals surface area contributed by atoms with E-state index in [1.54, 1.807) is 18.5 Å². The molecule has 2 rings (SSSR count). The number of anilines is 1. The first-order chi connectivity index (χ1) is 9.58. The van der Waals surface area contributed by atoms with Crippen molar-refractivity contribution >= 4 is 5.69 Å². The molecule has 0 saturated heterocycles. The van der Waals surface area contributed by atoms with Crippen LogP contribution in [0.15, 0.2) is 42.7 Å². The monoisotopic (exact) mass is 271 g/mol. The lowest BCUT2D eigenvalue weighted by molar-refractivity contribution is -0.482. The number of aromatic nitrogens is 1. The van der Waals surface area contributed by atoms with Gasteiger partial charge in [0.15, 0.2) is 0 Å². The van der Waals surface area contributed by atoms with E-state index in [4.69, 9.17) is 0 Å². The molecule has 1 N–H and O–H groups in total. The Morgan fingerprint density at radius 1 is 1.30 bits per heavy atom. The standard InChI is InChI=1S/C15H17N3O2/c1-11-5-3-7-14(12(11)2)17-15(10-18(19)20)13-6-4-8-16-9-13/h3-9,15,17H,10H2,1-2H3. The Hall–Kier alpha value is -2.43.